The molecule has 0 spiro atoms. The summed E-state index contributed by atoms with van der Waals surface area (Å²) in [5, 5.41) is 5.73. The van der Waals surface area contributed by atoms with Crippen molar-refractivity contribution in [2.45, 2.75) is 0 Å². The first-order chi connectivity index (χ1) is 16.4. The van der Waals surface area contributed by atoms with Crippen LogP contribution in [0.2, 0.25) is 5.02 Å². The fourth-order valence-corrected chi connectivity index (χ4v) is 3.81. The highest BCUT2D eigenvalue weighted by molar-refractivity contribution is 6.31. The van der Waals surface area contributed by atoms with Crippen LogP contribution in [0.15, 0.2) is 72.8 Å². The summed E-state index contributed by atoms with van der Waals surface area (Å²) in [5.41, 5.74) is 1.60. The molecule has 3 aromatic rings. The molecular formula is C25H22ClFN4O3. The Bertz CT molecular complexity index is 1200. The summed E-state index contributed by atoms with van der Waals surface area (Å²) >= 11 is 5.89. The molecule has 174 valence electrons. The lowest BCUT2D eigenvalue weighted by atomic mass is 10.1. The molecule has 3 aromatic carbocycles. The second kappa shape index (κ2) is 10.4. The maximum absolute atomic E-state index is 14.0. The Morgan fingerprint density at radius 3 is 1.91 bits per heavy atom. The fourth-order valence-electron chi connectivity index (χ4n) is 3.64. The van der Waals surface area contributed by atoms with Crippen molar-refractivity contribution in [3.63, 3.8) is 0 Å². The van der Waals surface area contributed by atoms with Gasteiger partial charge in [-0.05, 0) is 54.6 Å². The molecule has 1 heterocycles. The number of para-hydroxylation sites is 1. The molecule has 0 bridgehead atoms. The Kier molecular flexibility index (Phi) is 7.08. The van der Waals surface area contributed by atoms with Gasteiger partial charge in [-0.15, -0.1) is 0 Å². The van der Waals surface area contributed by atoms with Gasteiger partial charge >= 0.3 is 6.03 Å². The lowest BCUT2D eigenvalue weighted by Gasteiger charge is -2.35. The quantitative estimate of drug-likeness (QED) is 0.567. The van der Waals surface area contributed by atoms with Crippen LogP contribution in [0.4, 0.5) is 20.6 Å². The summed E-state index contributed by atoms with van der Waals surface area (Å²) in [7, 11) is 0. The summed E-state index contributed by atoms with van der Waals surface area (Å²) in [4.78, 5) is 40.8. The molecule has 1 aliphatic heterocycles. The maximum atomic E-state index is 14.0. The Labute approximate surface area is 201 Å². The molecule has 0 aromatic heterocycles. The van der Waals surface area contributed by atoms with Crippen LogP contribution < -0.4 is 10.6 Å². The SMILES string of the molecule is O=C(Nc1ccccc1)Nc1ccc(C(=O)N2CCN(C(=O)c3cc(Cl)ccc3F)CC2)cc1. The standard InChI is InChI=1S/C25H22ClFN4O3/c26-18-8-11-22(27)21(16-18)24(33)31-14-12-30(13-15-31)23(32)17-6-9-20(10-7-17)29-25(34)28-19-4-2-1-3-5-19/h1-11,16H,12-15H2,(H2,28,29,34). The highest BCUT2D eigenvalue weighted by atomic mass is 35.5. The van der Waals surface area contributed by atoms with Gasteiger partial charge < -0.3 is 20.4 Å². The van der Waals surface area contributed by atoms with Gasteiger partial charge in [0.05, 0.1) is 5.56 Å². The van der Waals surface area contributed by atoms with Crippen molar-refractivity contribution >= 4 is 40.8 Å². The van der Waals surface area contributed by atoms with Gasteiger partial charge in [0.1, 0.15) is 5.82 Å². The molecule has 0 atom stereocenters. The molecule has 2 N–H and O–H groups in total. The van der Waals surface area contributed by atoms with Crippen molar-refractivity contribution in [1.82, 2.24) is 9.80 Å². The largest absolute Gasteiger partial charge is 0.335 e. The number of anilines is 2. The number of urea groups is 1. The third-order valence-electron chi connectivity index (χ3n) is 5.43. The summed E-state index contributed by atoms with van der Waals surface area (Å²) in [6.45, 7) is 1.23. The zero-order valence-electron chi connectivity index (χ0n) is 18.1. The first-order valence-electron chi connectivity index (χ1n) is 10.7. The van der Waals surface area contributed by atoms with Gasteiger partial charge in [-0.2, -0.15) is 0 Å². The normalized spacial score (nSPS) is 13.4. The monoisotopic (exact) mass is 480 g/mol. The number of nitrogens with one attached hydrogen (secondary N) is 2. The van der Waals surface area contributed by atoms with E-state index < -0.39 is 11.7 Å². The van der Waals surface area contributed by atoms with E-state index in [1.165, 1.54) is 23.1 Å². The average molecular weight is 481 g/mol. The van der Waals surface area contributed by atoms with Crippen LogP contribution in [0, 0.1) is 5.82 Å². The van der Waals surface area contributed by atoms with Crippen molar-refractivity contribution in [3.8, 4) is 0 Å². The van der Waals surface area contributed by atoms with Gasteiger partial charge in [-0.3, -0.25) is 9.59 Å². The second-order valence-electron chi connectivity index (χ2n) is 7.73. The van der Waals surface area contributed by atoms with E-state index in [4.69, 9.17) is 11.6 Å². The van der Waals surface area contributed by atoms with Crippen molar-refractivity contribution in [2.24, 2.45) is 0 Å². The van der Waals surface area contributed by atoms with Crippen LogP contribution in [0.1, 0.15) is 20.7 Å². The smallest absolute Gasteiger partial charge is 0.323 e. The van der Waals surface area contributed by atoms with Gasteiger partial charge in [-0.25, -0.2) is 9.18 Å². The Balaban J connectivity index is 1.31. The minimum Gasteiger partial charge on any atom is -0.335 e. The molecule has 0 radical (unpaired) electrons. The lowest BCUT2D eigenvalue weighted by Crippen LogP contribution is -2.50. The minimum absolute atomic E-state index is 0.0772. The van der Waals surface area contributed by atoms with Crippen molar-refractivity contribution in [1.29, 1.82) is 0 Å². The Morgan fingerprint density at radius 2 is 1.29 bits per heavy atom. The highest BCUT2D eigenvalue weighted by Crippen LogP contribution is 2.19. The Hall–Kier alpha value is -3.91. The first kappa shape index (κ1) is 23.3. The predicted octanol–water partition coefficient (Wildman–Crippen LogP) is 4.72. The van der Waals surface area contributed by atoms with Crippen LogP contribution >= 0.6 is 11.6 Å². The first-order valence-corrected chi connectivity index (χ1v) is 11.1. The maximum Gasteiger partial charge on any atom is 0.323 e. The van der Waals surface area contributed by atoms with E-state index in [0.29, 0.717) is 30.0 Å². The summed E-state index contributed by atoms with van der Waals surface area (Å²) in [5.74, 6) is -1.25. The molecule has 0 aliphatic carbocycles. The van der Waals surface area contributed by atoms with Crippen molar-refractivity contribution in [2.75, 3.05) is 36.8 Å². The lowest BCUT2D eigenvalue weighted by molar-refractivity contribution is 0.0533. The number of carbonyl (C=O) groups excluding carboxylic acids is 3. The van der Waals surface area contributed by atoms with E-state index in [2.05, 4.69) is 10.6 Å². The third-order valence-corrected chi connectivity index (χ3v) is 5.67. The van der Waals surface area contributed by atoms with Gasteiger partial charge in [-0.1, -0.05) is 29.8 Å². The Morgan fingerprint density at radius 1 is 0.735 bits per heavy atom. The summed E-state index contributed by atoms with van der Waals surface area (Å²) in [6, 6.07) is 19.1. The fraction of sp³-hybridized carbons (Fsp3) is 0.160. The number of benzene rings is 3. The van der Waals surface area contributed by atoms with E-state index in [9.17, 15) is 18.8 Å². The molecule has 4 rings (SSSR count). The highest BCUT2D eigenvalue weighted by Gasteiger charge is 2.27. The van der Waals surface area contributed by atoms with Gasteiger partial charge in [0, 0.05) is 48.1 Å². The molecule has 1 aliphatic rings. The summed E-state index contributed by atoms with van der Waals surface area (Å²) in [6.07, 6.45) is 0. The van der Waals surface area contributed by atoms with Crippen LogP contribution in [-0.2, 0) is 0 Å². The number of carbonyl (C=O) groups is 3. The zero-order valence-corrected chi connectivity index (χ0v) is 18.9. The predicted molar refractivity (Wildman–Crippen MR) is 129 cm³/mol. The molecule has 7 nitrogen and oxygen atoms in total. The number of piperazine rings is 1. The van der Waals surface area contributed by atoms with E-state index in [1.807, 2.05) is 18.2 Å². The number of hydrogen-bond acceptors (Lipinski definition) is 3. The van der Waals surface area contributed by atoms with E-state index in [0.717, 1.165) is 0 Å². The minimum atomic E-state index is -0.626. The molecular weight excluding hydrogens is 459 g/mol. The number of rotatable bonds is 4. The average Bonchev–Trinajstić information content (AvgIpc) is 2.86. The van der Waals surface area contributed by atoms with Crippen molar-refractivity contribution < 1.29 is 18.8 Å². The number of nitrogens with zero attached hydrogens (tertiary/aromatic N) is 2. The number of amides is 4. The van der Waals surface area contributed by atoms with Crippen LogP contribution in [0.3, 0.4) is 0 Å². The molecule has 4 amide bonds. The zero-order chi connectivity index (χ0) is 24.1. The van der Waals surface area contributed by atoms with E-state index >= 15 is 0 Å². The summed E-state index contributed by atoms with van der Waals surface area (Å²) < 4.78 is 14.0. The molecule has 0 unspecified atom stereocenters. The number of hydrogen-bond donors (Lipinski definition) is 2. The van der Waals surface area contributed by atoms with Crippen LogP contribution in [0.5, 0.6) is 0 Å². The van der Waals surface area contributed by atoms with E-state index in [-0.39, 0.29) is 35.6 Å². The molecule has 1 fully saturated rings. The number of halogens is 2. The van der Waals surface area contributed by atoms with E-state index in [1.54, 1.807) is 41.3 Å². The van der Waals surface area contributed by atoms with Crippen LogP contribution in [-0.4, -0.2) is 53.8 Å². The van der Waals surface area contributed by atoms with Gasteiger partial charge in [0.25, 0.3) is 11.8 Å². The van der Waals surface area contributed by atoms with Crippen molar-refractivity contribution in [3.05, 3.63) is 94.8 Å². The van der Waals surface area contributed by atoms with Gasteiger partial charge in [0.2, 0.25) is 0 Å². The molecule has 34 heavy (non-hydrogen) atoms. The second-order valence-corrected chi connectivity index (χ2v) is 8.17. The molecule has 1 saturated heterocycles. The van der Waals surface area contributed by atoms with Crippen LogP contribution in [0.25, 0.3) is 0 Å². The molecule has 9 heteroatoms. The molecule has 0 saturated carbocycles. The third kappa shape index (κ3) is 5.52. The topological polar surface area (TPSA) is 81.8 Å². The van der Waals surface area contributed by atoms with Gasteiger partial charge in [0.15, 0.2) is 0 Å².